The first-order chi connectivity index (χ1) is 11.0. The lowest BCUT2D eigenvalue weighted by Gasteiger charge is -2.23. The first kappa shape index (κ1) is 19.3. The van der Waals surface area contributed by atoms with Gasteiger partial charge in [-0.25, -0.2) is 8.96 Å². The van der Waals surface area contributed by atoms with Gasteiger partial charge in [-0.05, 0) is 12.2 Å². The fourth-order valence-corrected chi connectivity index (χ4v) is 2.69. The molecule has 14 heteroatoms. The molecule has 0 spiro atoms. The summed E-state index contributed by atoms with van der Waals surface area (Å²) < 4.78 is 34.6. The number of nitrogens with one attached hydrogen (secondary N) is 1. The summed E-state index contributed by atoms with van der Waals surface area (Å²) in [5, 5.41) is 28.8. The molecular formula is C10H14FN2O9PS. The number of rotatable bonds is 5. The Kier molecular flexibility index (Phi) is 5.40. The lowest BCUT2D eigenvalue weighted by atomic mass is 10.1. The highest BCUT2D eigenvalue weighted by atomic mass is 32.1. The molecular weight excluding hydrogens is 374 g/mol. The Balaban J connectivity index is 2.35. The molecule has 0 aliphatic carbocycles. The van der Waals surface area contributed by atoms with E-state index in [0.29, 0.717) is 0 Å². The van der Waals surface area contributed by atoms with E-state index >= 15 is 0 Å². The standard InChI is InChI=1S/C10H14FN2O9PS/c11-10(3-21-23(18,19)20)6(16)5(15)8(22-10)13-1-4(2-14)7(17)12-9(13)24/h1,5-6,8,14-16H,2-3H2,(H,12,17,24)(H2,18,19,20)/t5-,6+,8-,10-/m1/s1. The zero-order valence-corrected chi connectivity index (χ0v) is 13.5. The second kappa shape index (κ2) is 6.71. The van der Waals surface area contributed by atoms with Crippen LogP contribution in [0.25, 0.3) is 0 Å². The van der Waals surface area contributed by atoms with Gasteiger partial charge >= 0.3 is 7.82 Å². The maximum absolute atomic E-state index is 14.5. The Bertz CT molecular complexity index is 778. The van der Waals surface area contributed by atoms with Crippen molar-refractivity contribution < 1.29 is 43.3 Å². The van der Waals surface area contributed by atoms with Crippen LogP contribution in [0.1, 0.15) is 11.8 Å². The maximum Gasteiger partial charge on any atom is 0.469 e. The third kappa shape index (κ3) is 3.79. The van der Waals surface area contributed by atoms with E-state index in [1.807, 2.05) is 0 Å². The maximum atomic E-state index is 14.5. The van der Waals surface area contributed by atoms with Crippen LogP contribution in [0.5, 0.6) is 0 Å². The zero-order valence-electron chi connectivity index (χ0n) is 11.8. The molecule has 1 aliphatic heterocycles. The van der Waals surface area contributed by atoms with Gasteiger partial charge in [0.15, 0.2) is 11.0 Å². The number of hydrogen-bond donors (Lipinski definition) is 6. The number of phosphoric ester groups is 1. The summed E-state index contributed by atoms with van der Waals surface area (Å²) in [6.07, 6.45) is -4.77. The van der Waals surface area contributed by atoms with Gasteiger partial charge in [0.1, 0.15) is 18.8 Å². The highest BCUT2D eigenvalue weighted by Gasteiger charge is 2.57. The number of aliphatic hydroxyl groups excluding tert-OH is 3. The summed E-state index contributed by atoms with van der Waals surface area (Å²) in [4.78, 5) is 30.9. The summed E-state index contributed by atoms with van der Waals surface area (Å²) >= 11 is 4.85. The van der Waals surface area contributed by atoms with E-state index in [1.54, 1.807) is 0 Å². The average molecular weight is 388 g/mol. The van der Waals surface area contributed by atoms with E-state index in [1.165, 1.54) is 0 Å². The third-order valence-electron chi connectivity index (χ3n) is 3.29. The van der Waals surface area contributed by atoms with Crippen LogP contribution >= 0.6 is 20.0 Å². The van der Waals surface area contributed by atoms with Gasteiger partial charge in [-0.3, -0.25) is 18.9 Å². The molecule has 1 aromatic heterocycles. The zero-order chi connectivity index (χ0) is 18.3. The number of nitrogens with zero attached hydrogens (tertiary/aromatic N) is 1. The van der Waals surface area contributed by atoms with Gasteiger partial charge in [0.05, 0.1) is 12.2 Å². The van der Waals surface area contributed by atoms with E-state index in [9.17, 15) is 24.0 Å². The summed E-state index contributed by atoms with van der Waals surface area (Å²) in [5.74, 6) is -3.14. The van der Waals surface area contributed by atoms with Crippen molar-refractivity contribution in [3.05, 3.63) is 26.9 Å². The highest BCUT2D eigenvalue weighted by Crippen LogP contribution is 2.43. The predicted octanol–water partition coefficient (Wildman–Crippen LogP) is -1.58. The molecule has 6 N–H and O–H groups in total. The van der Waals surface area contributed by atoms with Crippen molar-refractivity contribution in [3.8, 4) is 0 Å². The van der Waals surface area contributed by atoms with Crippen molar-refractivity contribution >= 4 is 20.0 Å². The Morgan fingerprint density at radius 1 is 1.50 bits per heavy atom. The summed E-state index contributed by atoms with van der Waals surface area (Å²) in [5.41, 5.74) is -0.875. The van der Waals surface area contributed by atoms with Crippen LogP contribution in [0.4, 0.5) is 4.39 Å². The topological polar surface area (TPSA) is 174 Å². The number of H-pyrrole nitrogens is 1. The van der Waals surface area contributed by atoms with Crippen LogP contribution in [0, 0.1) is 4.77 Å². The molecule has 4 atom stereocenters. The van der Waals surface area contributed by atoms with E-state index in [2.05, 4.69) is 9.51 Å². The van der Waals surface area contributed by atoms with E-state index < -0.39 is 50.9 Å². The van der Waals surface area contributed by atoms with Crippen molar-refractivity contribution in [1.82, 2.24) is 9.55 Å². The van der Waals surface area contributed by atoms with Crippen LogP contribution in [0.3, 0.4) is 0 Å². The Morgan fingerprint density at radius 2 is 2.12 bits per heavy atom. The molecule has 0 saturated carbocycles. The Hall–Kier alpha value is -1.02. The first-order valence-corrected chi connectivity index (χ1v) is 8.30. The van der Waals surface area contributed by atoms with Crippen molar-refractivity contribution in [2.24, 2.45) is 0 Å². The molecule has 1 saturated heterocycles. The summed E-state index contributed by atoms with van der Waals surface area (Å²) in [6.45, 7) is -2.05. The fourth-order valence-electron chi connectivity index (χ4n) is 2.09. The molecule has 1 fully saturated rings. The lowest BCUT2D eigenvalue weighted by Crippen LogP contribution is -2.42. The van der Waals surface area contributed by atoms with Crippen LogP contribution < -0.4 is 5.56 Å². The van der Waals surface area contributed by atoms with Gasteiger partial charge in [-0.1, -0.05) is 0 Å². The van der Waals surface area contributed by atoms with E-state index in [0.717, 1.165) is 10.8 Å². The number of aliphatic hydroxyl groups is 3. The van der Waals surface area contributed by atoms with Crippen LogP contribution in [0.2, 0.25) is 0 Å². The lowest BCUT2D eigenvalue weighted by molar-refractivity contribution is -0.204. The number of hydrogen-bond acceptors (Lipinski definition) is 8. The van der Waals surface area contributed by atoms with Gasteiger partial charge in [0.2, 0.25) is 0 Å². The van der Waals surface area contributed by atoms with Gasteiger partial charge in [-0.2, -0.15) is 0 Å². The van der Waals surface area contributed by atoms with Crippen molar-refractivity contribution in [2.75, 3.05) is 6.61 Å². The van der Waals surface area contributed by atoms with Gasteiger partial charge < -0.3 is 29.8 Å². The SMILES string of the molecule is O=c1[nH]c(=S)n([C@@H]2O[C@](F)(COP(=O)(O)O)[C@@H](O)[C@H]2O)cc1CO. The molecule has 0 radical (unpaired) electrons. The minimum atomic E-state index is -5.05. The van der Waals surface area contributed by atoms with E-state index in [4.69, 9.17) is 31.8 Å². The molecule has 2 heterocycles. The van der Waals surface area contributed by atoms with Crippen LogP contribution in [-0.4, -0.2) is 59.3 Å². The molecule has 0 bridgehead atoms. The minimum Gasteiger partial charge on any atom is -0.391 e. The summed E-state index contributed by atoms with van der Waals surface area (Å²) in [7, 11) is -5.05. The number of aromatic amines is 1. The number of ether oxygens (including phenoxy) is 1. The molecule has 24 heavy (non-hydrogen) atoms. The largest absolute Gasteiger partial charge is 0.469 e. The average Bonchev–Trinajstić information content (AvgIpc) is 2.70. The molecule has 1 aliphatic rings. The highest BCUT2D eigenvalue weighted by molar-refractivity contribution is 7.71. The van der Waals surface area contributed by atoms with Crippen molar-refractivity contribution in [2.45, 2.75) is 30.9 Å². The van der Waals surface area contributed by atoms with Gasteiger partial charge in [0.25, 0.3) is 11.4 Å². The Labute approximate surface area is 138 Å². The third-order valence-corrected chi connectivity index (χ3v) is 4.07. The monoisotopic (exact) mass is 388 g/mol. The first-order valence-electron chi connectivity index (χ1n) is 6.36. The van der Waals surface area contributed by atoms with Gasteiger partial charge in [-0.15, -0.1) is 0 Å². The van der Waals surface area contributed by atoms with E-state index in [-0.39, 0.29) is 10.3 Å². The normalized spacial score (nSPS) is 30.7. The molecule has 0 unspecified atom stereocenters. The fraction of sp³-hybridized carbons (Fsp3) is 0.600. The molecule has 2 rings (SSSR count). The number of alkyl halides is 1. The second-order valence-electron chi connectivity index (χ2n) is 4.97. The number of phosphoric acid groups is 1. The molecule has 11 nitrogen and oxygen atoms in total. The Morgan fingerprint density at radius 3 is 2.67 bits per heavy atom. The molecule has 0 amide bonds. The number of halogens is 1. The number of aromatic nitrogens is 2. The van der Waals surface area contributed by atoms with Crippen LogP contribution in [0.15, 0.2) is 11.0 Å². The smallest absolute Gasteiger partial charge is 0.391 e. The van der Waals surface area contributed by atoms with Crippen molar-refractivity contribution in [3.63, 3.8) is 0 Å². The molecule has 136 valence electrons. The molecule has 0 aromatic carbocycles. The summed E-state index contributed by atoms with van der Waals surface area (Å²) in [6, 6.07) is 0. The second-order valence-corrected chi connectivity index (χ2v) is 6.60. The quantitative estimate of drug-likeness (QED) is 0.255. The van der Waals surface area contributed by atoms with Crippen molar-refractivity contribution in [1.29, 1.82) is 0 Å². The van der Waals surface area contributed by atoms with Gasteiger partial charge in [0, 0.05) is 6.20 Å². The predicted molar refractivity (Wildman–Crippen MR) is 75.8 cm³/mol. The molecule has 1 aromatic rings. The minimum absolute atomic E-state index is 0.170. The van der Waals surface area contributed by atoms with Crippen LogP contribution in [-0.2, 0) is 20.4 Å².